The number of rotatable bonds is 6. The SMILES string of the molecule is C=C(C)N(/N=C\C)/C(=C\C(C)C)C1CCCN(C(=O)c2cc(Cl)ccc2F)C1. The number of piperidine rings is 1. The zero-order valence-corrected chi connectivity index (χ0v) is 17.8. The highest BCUT2D eigenvalue weighted by molar-refractivity contribution is 6.31. The third-order valence-corrected chi connectivity index (χ3v) is 4.86. The summed E-state index contributed by atoms with van der Waals surface area (Å²) >= 11 is 5.97. The van der Waals surface area contributed by atoms with Gasteiger partial charge in [0.1, 0.15) is 5.82 Å². The number of amides is 1. The Morgan fingerprint density at radius 2 is 2.18 bits per heavy atom. The molecule has 0 aromatic heterocycles. The van der Waals surface area contributed by atoms with Crippen LogP contribution < -0.4 is 0 Å². The second-order valence-electron chi connectivity index (χ2n) is 7.47. The fourth-order valence-electron chi connectivity index (χ4n) is 3.46. The van der Waals surface area contributed by atoms with Crippen molar-refractivity contribution in [3.05, 3.63) is 58.7 Å². The molecule has 0 radical (unpaired) electrons. The molecule has 0 saturated carbocycles. The quantitative estimate of drug-likeness (QED) is 0.448. The van der Waals surface area contributed by atoms with Gasteiger partial charge in [0.25, 0.3) is 5.91 Å². The number of likely N-dealkylation sites (tertiary alicyclic amines) is 1. The number of allylic oxidation sites excluding steroid dienone is 2. The third-order valence-electron chi connectivity index (χ3n) is 4.63. The maximum absolute atomic E-state index is 14.2. The minimum atomic E-state index is -0.548. The van der Waals surface area contributed by atoms with E-state index in [0.29, 0.717) is 24.0 Å². The van der Waals surface area contributed by atoms with Gasteiger partial charge < -0.3 is 4.90 Å². The van der Waals surface area contributed by atoms with Gasteiger partial charge in [-0.05, 0) is 50.8 Å². The minimum Gasteiger partial charge on any atom is -0.338 e. The molecule has 0 spiro atoms. The zero-order valence-electron chi connectivity index (χ0n) is 17.1. The third kappa shape index (κ3) is 5.44. The average Bonchev–Trinajstić information content (AvgIpc) is 2.65. The van der Waals surface area contributed by atoms with Crippen LogP contribution in [-0.2, 0) is 0 Å². The molecule has 2 rings (SSSR count). The van der Waals surface area contributed by atoms with Crippen LogP contribution >= 0.6 is 11.6 Å². The fraction of sp³-hybridized carbons (Fsp3) is 0.455. The molecular formula is C22H29ClFN3O. The summed E-state index contributed by atoms with van der Waals surface area (Å²) in [6.45, 7) is 13.1. The van der Waals surface area contributed by atoms with E-state index < -0.39 is 5.82 Å². The first-order valence-electron chi connectivity index (χ1n) is 9.64. The lowest BCUT2D eigenvalue weighted by Gasteiger charge is -2.37. The Morgan fingerprint density at radius 1 is 1.46 bits per heavy atom. The largest absolute Gasteiger partial charge is 0.338 e. The summed E-state index contributed by atoms with van der Waals surface area (Å²) in [6.07, 6.45) is 5.67. The molecule has 1 aromatic rings. The second kappa shape index (κ2) is 9.87. The Hall–Kier alpha value is -2.14. The molecular weight excluding hydrogens is 377 g/mol. The van der Waals surface area contributed by atoms with Gasteiger partial charge in [-0.3, -0.25) is 4.79 Å². The number of carbonyl (C=O) groups is 1. The molecule has 0 bridgehead atoms. The van der Waals surface area contributed by atoms with Gasteiger partial charge in [-0.1, -0.05) is 38.1 Å². The van der Waals surface area contributed by atoms with Crippen molar-refractivity contribution in [1.82, 2.24) is 9.91 Å². The van der Waals surface area contributed by atoms with Crippen LogP contribution in [0.5, 0.6) is 0 Å². The lowest BCUT2D eigenvalue weighted by atomic mass is 9.91. The molecule has 1 amide bonds. The molecule has 28 heavy (non-hydrogen) atoms. The summed E-state index contributed by atoms with van der Waals surface area (Å²) in [7, 11) is 0. The van der Waals surface area contributed by atoms with Gasteiger partial charge in [-0.15, -0.1) is 0 Å². The molecule has 6 heteroatoms. The Bertz CT molecular complexity index is 788. The van der Waals surface area contributed by atoms with Crippen molar-refractivity contribution >= 4 is 23.7 Å². The molecule has 1 unspecified atom stereocenters. The Kier molecular flexibility index (Phi) is 7.81. The molecule has 152 valence electrons. The van der Waals surface area contributed by atoms with E-state index in [2.05, 4.69) is 31.6 Å². The molecule has 1 fully saturated rings. The summed E-state index contributed by atoms with van der Waals surface area (Å²) < 4.78 is 14.2. The monoisotopic (exact) mass is 405 g/mol. The van der Waals surface area contributed by atoms with Gasteiger partial charge in [-0.2, -0.15) is 5.10 Å². The zero-order chi connectivity index (χ0) is 20.8. The predicted molar refractivity (Wildman–Crippen MR) is 114 cm³/mol. The van der Waals surface area contributed by atoms with Gasteiger partial charge >= 0.3 is 0 Å². The van der Waals surface area contributed by atoms with Gasteiger partial charge in [0.2, 0.25) is 0 Å². The average molecular weight is 406 g/mol. The van der Waals surface area contributed by atoms with E-state index in [9.17, 15) is 9.18 Å². The Morgan fingerprint density at radius 3 is 2.79 bits per heavy atom. The van der Waals surface area contributed by atoms with E-state index in [-0.39, 0.29) is 17.4 Å². The predicted octanol–water partition coefficient (Wildman–Crippen LogP) is 5.71. The topological polar surface area (TPSA) is 35.9 Å². The molecule has 1 aliphatic rings. The summed E-state index contributed by atoms with van der Waals surface area (Å²) in [4.78, 5) is 14.7. The van der Waals surface area contributed by atoms with Gasteiger partial charge in [0.15, 0.2) is 0 Å². The number of hydrazone groups is 1. The van der Waals surface area contributed by atoms with E-state index >= 15 is 0 Å². The molecule has 0 aliphatic carbocycles. The molecule has 1 saturated heterocycles. The lowest BCUT2D eigenvalue weighted by molar-refractivity contribution is 0.0674. The van der Waals surface area contributed by atoms with E-state index in [1.807, 2.05) is 18.9 Å². The maximum Gasteiger partial charge on any atom is 0.256 e. The van der Waals surface area contributed by atoms with Crippen LogP contribution in [0.4, 0.5) is 4.39 Å². The van der Waals surface area contributed by atoms with Crippen molar-refractivity contribution in [1.29, 1.82) is 0 Å². The van der Waals surface area contributed by atoms with Crippen molar-refractivity contribution in [3.8, 4) is 0 Å². The molecule has 0 N–H and O–H groups in total. The lowest BCUT2D eigenvalue weighted by Crippen LogP contribution is -2.42. The normalized spacial score (nSPS) is 18.0. The van der Waals surface area contributed by atoms with E-state index in [4.69, 9.17) is 11.6 Å². The van der Waals surface area contributed by atoms with E-state index in [0.717, 1.165) is 24.2 Å². The van der Waals surface area contributed by atoms with Crippen LogP contribution in [0.3, 0.4) is 0 Å². The molecule has 1 heterocycles. The Labute approximate surface area is 172 Å². The van der Waals surface area contributed by atoms with E-state index in [1.165, 1.54) is 18.2 Å². The number of hydrogen-bond donors (Lipinski definition) is 0. The fourth-order valence-corrected chi connectivity index (χ4v) is 3.63. The summed E-state index contributed by atoms with van der Waals surface area (Å²) in [5, 5.41) is 6.66. The van der Waals surface area contributed by atoms with Crippen LogP contribution in [0.25, 0.3) is 0 Å². The van der Waals surface area contributed by atoms with Crippen molar-refractivity contribution in [2.75, 3.05) is 13.1 Å². The van der Waals surface area contributed by atoms with Crippen molar-refractivity contribution in [2.45, 2.75) is 40.5 Å². The van der Waals surface area contributed by atoms with Crippen molar-refractivity contribution in [3.63, 3.8) is 0 Å². The van der Waals surface area contributed by atoms with Crippen LogP contribution in [0.15, 0.2) is 47.3 Å². The highest BCUT2D eigenvalue weighted by Gasteiger charge is 2.30. The smallest absolute Gasteiger partial charge is 0.256 e. The summed E-state index contributed by atoms with van der Waals surface area (Å²) in [5.74, 6) is -0.453. The molecule has 1 aliphatic heterocycles. The first kappa shape index (κ1) is 22.2. The van der Waals surface area contributed by atoms with Crippen LogP contribution in [0.1, 0.15) is 50.9 Å². The first-order chi connectivity index (χ1) is 13.2. The van der Waals surface area contributed by atoms with Crippen molar-refractivity contribution in [2.24, 2.45) is 16.9 Å². The highest BCUT2D eigenvalue weighted by Crippen LogP contribution is 2.31. The van der Waals surface area contributed by atoms with Gasteiger partial charge in [0.05, 0.1) is 5.56 Å². The Balaban J connectivity index is 2.31. The second-order valence-corrected chi connectivity index (χ2v) is 7.91. The number of nitrogens with zero attached hydrogens (tertiary/aromatic N) is 3. The van der Waals surface area contributed by atoms with Gasteiger partial charge in [0, 0.05) is 41.6 Å². The number of halogens is 2. The first-order valence-corrected chi connectivity index (χ1v) is 10.0. The molecule has 4 nitrogen and oxygen atoms in total. The standard InChI is InChI=1S/C22H29ClFN3O/c1-6-25-27(16(4)5)21(12-15(2)3)17-8-7-11-26(14-17)22(28)19-13-18(23)9-10-20(19)24/h6,9-10,12-13,15,17H,4,7-8,11,14H2,1-3,5H3/b21-12-,25-6-. The summed E-state index contributed by atoms with van der Waals surface area (Å²) in [5.41, 5.74) is 1.87. The molecule has 1 atom stereocenters. The highest BCUT2D eigenvalue weighted by atomic mass is 35.5. The summed E-state index contributed by atoms with van der Waals surface area (Å²) in [6, 6.07) is 4.08. The van der Waals surface area contributed by atoms with Crippen molar-refractivity contribution < 1.29 is 9.18 Å². The molecule has 1 aromatic carbocycles. The van der Waals surface area contributed by atoms with E-state index in [1.54, 1.807) is 11.1 Å². The number of benzene rings is 1. The van der Waals surface area contributed by atoms with Gasteiger partial charge in [-0.25, -0.2) is 9.40 Å². The van der Waals surface area contributed by atoms with Crippen LogP contribution in [-0.4, -0.2) is 35.1 Å². The maximum atomic E-state index is 14.2. The number of carbonyl (C=O) groups excluding carboxylic acids is 1. The van der Waals surface area contributed by atoms with Crippen LogP contribution in [0.2, 0.25) is 5.02 Å². The minimum absolute atomic E-state index is 0.0193. The van der Waals surface area contributed by atoms with Crippen LogP contribution in [0, 0.1) is 17.7 Å². The number of hydrogen-bond acceptors (Lipinski definition) is 3.